The number of hydrogen-bond acceptors (Lipinski definition) is 4. The van der Waals surface area contributed by atoms with Crippen molar-refractivity contribution in [2.75, 3.05) is 20.2 Å². The Balaban J connectivity index is 1.64. The lowest BCUT2D eigenvalue weighted by atomic mass is 10.1. The molecule has 2 heterocycles. The van der Waals surface area contributed by atoms with Crippen LogP contribution in [0.2, 0.25) is 0 Å². The van der Waals surface area contributed by atoms with Crippen LogP contribution in [0, 0.1) is 5.82 Å². The van der Waals surface area contributed by atoms with Gasteiger partial charge in [0.15, 0.2) is 0 Å². The molecule has 2 aliphatic rings. The zero-order valence-electron chi connectivity index (χ0n) is 14.6. The number of methoxy groups -OCH3 is 1. The minimum atomic E-state index is -0.282. The van der Waals surface area contributed by atoms with Crippen LogP contribution in [-0.4, -0.2) is 54.0 Å². The summed E-state index contributed by atoms with van der Waals surface area (Å²) in [4.78, 5) is 28.5. The first kappa shape index (κ1) is 17.9. The highest BCUT2D eigenvalue weighted by Gasteiger charge is 2.37. The SMILES string of the molecule is COC(=O)[C@@H]1CCCN1[C@@H]1CCC(=O)N(Cc2cccc(F)c2)CC1. The van der Waals surface area contributed by atoms with E-state index in [0.29, 0.717) is 19.5 Å². The largest absolute Gasteiger partial charge is 0.468 e. The van der Waals surface area contributed by atoms with E-state index in [-0.39, 0.29) is 29.8 Å². The number of halogens is 1. The Hall–Kier alpha value is -1.95. The molecule has 3 rings (SSSR count). The maximum Gasteiger partial charge on any atom is 0.323 e. The molecule has 5 nitrogen and oxygen atoms in total. The molecule has 2 fully saturated rings. The molecule has 2 atom stereocenters. The van der Waals surface area contributed by atoms with Crippen molar-refractivity contribution in [2.24, 2.45) is 0 Å². The molecule has 0 bridgehead atoms. The highest BCUT2D eigenvalue weighted by atomic mass is 19.1. The number of likely N-dealkylation sites (tertiary alicyclic amines) is 2. The fraction of sp³-hybridized carbons (Fsp3) is 0.579. The van der Waals surface area contributed by atoms with Gasteiger partial charge in [0.05, 0.1) is 7.11 Å². The first-order chi connectivity index (χ1) is 12.1. The van der Waals surface area contributed by atoms with Gasteiger partial charge < -0.3 is 9.64 Å². The maximum atomic E-state index is 13.4. The first-order valence-electron chi connectivity index (χ1n) is 8.94. The van der Waals surface area contributed by atoms with E-state index in [0.717, 1.165) is 37.8 Å². The average molecular weight is 348 g/mol. The number of esters is 1. The van der Waals surface area contributed by atoms with Crippen molar-refractivity contribution in [2.45, 2.75) is 50.7 Å². The summed E-state index contributed by atoms with van der Waals surface area (Å²) in [6.07, 6.45) is 3.85. The molecule has 0 spiro atoms. The lowest BCUT2D eigenvalue weighted by Gasteiger charge is -2.31. The summed E-state index contributed by atoms with van der Waals surface area (Å²) in [5, 5.41) is 0. The number of nitrogens with zero attached hydrogens (tertiary/aromatic N) is 2. The van der Waals surface area contributed by atoms with Crippen LogP contribution in [0.1, 0.15) is 37.7 Å². The second kappa shape index (κ2) is 7.95. The van der Waals surface area contributed by atoms with Crippen molar-refractivity contribution in [3.05, 3.63) is 35.6 Å². The van der Waals surface area contributed by atoms with Gasteiger partial charge in [0.1, 0.15) is 11.9 Å². The highest BCUT2D eigenvalue weighted by Crippen LogP contribution is 2.27. The Kier molecular flexibility index (Phi) is 5.68. The number of benzene rings is 1. The molecular formula is C19H25FN2O3. The number of amides is 1. The van der Waals surface area contributed by atoms with Gasteiger partial charge in [0, 0.05) is 25.6 Å². The van der Waals surface area contributed by atoms with Crippen molar-refractivity contribution in [3.8, 4) is 0 Å². The Labute approximate surface area is 147 Å². The Morgan fingerprint density at radius 1 is 1.28 bits per heavy atom. The van der Waals surface area contributed by atoms with Crippen LogP contribution >= 0.6 is 0 Å². The molecule has 0 unspecified atom stereocenters. The summed E-state index contributed by atoms with van der Waals surface area (Å²) in [5.41, 5.74) is 0.806. The third-order valence-corrected chi connectivity index (χ3v) is 5.28. The van der Waals surface area contributed by atoms with Crippen LogP contribution in [0.25, 0.3) is 0 Å². The minimum absolute atomic E-state index is 0.0978. The Bertz CT molecular complexity index is 637. The van der Waals surface area contributed by atoms with E-state index < -0.39 is 0 Å². The zero-order valence-corrected chi connectivity index (χ0v) is 14.6. The fourth-order valence-electron chi connectivity index (χ4n) is 3.99. The molecular weight excluding hydrogens is 323 g/mol. The van der Waals surface area contributed by atoms with Crippen LogP contribution in [0.15, 0.2) is 24.3 Å². The van der Waals surface area contributed by atoms with Gasteiger partial charge in [-0.05, 0) is 49.9 Å². The fourth-order valence-corrected chi connectivity index (χ4v) is 3.99. The number of ether oxygens (including phenoxy) is 1. The lowest BCUT2D eigenvalue weighted by molar-refractivity contribution is -0.146. The summed E-state index contributed by atoms with van der Waals surface area (Å²) >= 11 is 0. The third-order valence-electron chi connectivity index (χ3n) is 5.28. The predicted molar refractivity (Wildman–Crippen MR) is 91.2 cm³/mol. The smallest absolute Gasteiger partial charge is 0.323 e. The monoisotopic (exact) mass is 348 g/mol. The van der Waals surface area contributed by atoms with Gasteiger partial charge in [-0.1, -0.05) is 12.1 Å². The maximum absolute atomic E-state index is 13.4. The van der Waals surface area contributed by atoms with Crippen LogP contribution in [0.3, 0.4) is 0 Å². The van der Waals surface area contributed by atoms with Gasteiger partial charge in [-0.25, -0.2) is 4.39 Å². The van der Waals surface area contributed by atoms with E-state index in [9.17, 15) is 14.0 Å². The van der Waals surface area contributed by atoms with Crippen molar-refractivity contribution in [1.29, 1.82) is 0 Å². The first-order valence-corrected chi connectivity index (χ1v) is 8.94. The van der Waals surface area contributed by atoms with Crippen molar-refractivity contribution < 1.29 is 18.7 Å². The Morgan fingerprint density at radius 2 is 2.12 bits per heavy atom. The van der Waals surface area contributed by atoms with Crippen LogP contribution < -0.4 is 0 Å². The summed E-state index contributed by atoms with van der Waals surface area (Å²) in [6, 6.07) is 6.42. The minimum Gasteiger partial charge on any atom is -0.468 e. The lowest BCUT2D eigenvalue weighted by Crippen LogP contribution is -2.44. The van der Waals surface area contributed by atoms with Crippen LogP contribution in [0.5, 0.6) is 0 Å². The molecule has 0 aliphatic carbocycles. The van der Waals surface area contributed by atoms with Crippen molar-refractivity contribution in [3.63, 3.8) is 0 Å². The van der Waals surface area contributed by atoms with Crippen LogP contribution in [0.4, 0.5) is 4.39 Å². The van der Waals surface area contributed by atoms with Gasteiger partial charge >= 0.3 is 5.97 Å². The normalized spacial score (nSPS) is 25.0. The molecule has 0 radical (unpaired) electrons. The molecule has 0 saturated carbocycles. The van der Waals surface area contributed by atoms with Crippen molar-refractivity contribution in [1.82, 2.24) is 9.80 Å². The van der Waals surface area contributed by atoms with Gasteiger partial charge in [0.2, 0.25) is 5.91 Å². The highest BCUT2D eigenvalue weighted by molar-refractivity contribution is 5.77. The summed E-state index contributed by atoms with van der Waals surface area (Å²) in [7, 11) is 1.43. The van der Waals surface area contributed by atoms with E-state index in [1.807, 2.05) is 6.07 Å². The number of hydrogen-bond donors (Lipinski definition) is 0. The van der Waals surface area contributed by atoms with Gasteiger partial charge in [-0.2, -0.15) is 0 Å². The molecule has 25 heavy (non-hydrogen) atoms. The second-order valence-electron chi connectivity index (χ2n) is 6.85. The molecule has 1 aromatic rings. The molecule has 136 valence electrons. The number of rotatable bonds is 4. The molecule has 1 aromatic carbocycles. The molecule has 0 N–H and O–H groups in total. The number of carbonyl (C=O) groups excluding carboxylic acids is 2. The summed E-state index contributed by atoms with van der Waals surface area (Å²) < 4.78 is 18.3. The standard InChI is InChI=1S/C19H25FN2O3/c1-25-19(24)17-6-3-10-22(17)16-7-8-18(23)21(11-9-16)13-14-4-2-5-15(20)12-14/h2,4-5,12,16-17H,3,6-11,13H2,1H3/t16-,17+/m1/s1. The second-order valence-corrected chi connectivity index (χ2v) is 6.85. The quantitative estimate of drug-likeness (QED) is 0.784. The topological polar surface area (TPSA) is 49.9 Å². The van der Waals surface area contributed by atoms with Gasteiger partial charge in [-0.3, -0.25) is 14.5 Å². The summed E-state index contributed by atoms with van der Waals surface area (Å²) in [5.74, 6) is -0.360. The van der Waals surface area contributed by atoms with E-state index >= 15 is 0 Å². The number of carbonyl (C=O) groups is 2. The predicted octanol–water partition coefficient (Wildman–Crippen LogP) is 2.34. The molecule has 0 aromatic heterocycles. The Morgan fingerprint density at radius 3 is 2.88 bits per heavy atom. The van der Waals surface area contributed by atoms with Crippen molar-refractivity contribution >= 4 is 11.9 Å². The third kappa shape index (κ3) is 4.18. The zero-order chi connectivity index (χ0) is 17.8. The molecule has 2 aliphatic heterocycles. The van der Waals surface area contributed by atoms with Crippen LogP contribution in [-0.2, 0) is 20.9 Å². The molecule has 6 heteroatoms. The van der Waals surface area contributed by atoms with Gasteiger partial charge in [0.25, 0.3) is 0 Å². The molecule has 1 amide bonds. The summed E-state index contributed by atoms with van der Waals surface area (Å²) in [6.45, 7) is 1.94. The average Bonchev–Trinajstić information content (AvgIpc) is 3.02. The molecule has 2 saturated heterocycles. The van der Waals surface area contributed by atoms with Gasteiger partial charge in [-0.15, -0.1) is 0 Å². The van der Waals surface area contributed by atoms with E-state index in [1.165, 1.54) is 19.2 Å². The van der Waals surface area contributed by atoms with E-state index in [1.54, 1.807) is 11.0 Å². The van der Waals surface area contributed by atoms with E-state index in [2.05, 4.69) is 4.90 Å². The van der Waals surface area contributed by atoms with E-state index in [4.69, 9.17) is 4.74 Å².